The maximum atomic E-state index is 12.8. The molecule has 4 nitrogen and oxygen atoms in total. The minimum absolute atomic E-state index is 0.112. The number of benzene rings is 1. The highest BCUT2D eigenvalue weighted by Gasteiger charge is 2.22. The first-order chi connectivity index (χ1) is 13.6. The SMILES string of the molecule is CCOc1cc2oc3c(c2cc1/C(C)=C/C(=O)N1CCC(C)CC1)CCCC3. The van der Waals surface area contributed by atoms with Crippen molar-refractivity contribution in [1.82, 2.24) is 4.90 Å². The van der Waals surface area contributed by atoms with Crippen LogP contribution in [0.3, 0.4) is 0 Å². The van der Waals surface area contributed by atoms with E-state index in [0.717, 1.165) is 67.0 Å². The Bertz CT molecular complexity index is 900. The van der Waals surface area contributed by atoms with Gasteiger partial charge in [-0.3, -0.25) is 4.79 Å². The minimum atomic E-state index is 0.112. The summed E-state index contributed by atoms with van der Waals surface area (Å²) in [4.78, 5) is 14.8. The second kappa shape index (κ2) is 8.02. The molecule has 0 bridgehead atoms. The molecule has 0 saturated carbocycles. The summed E-state index contributed by atoms with van der Waals surface area (Å²) in [5.74, 6) is 2.76. The number of piperidine rings is 1. The van der Waals surface area contributed by atoms with E-state index in [1.165, 1.54) is 23.8 Å². The highest BCUT2D eigenvalue weighted by atomic mass is 16.5. The molecule has 0 spiro atoms. The van der Waals surface area contributed by atoms with Crippen LogP contribution in [-0.4, -0.2) is 30.5 Å². The second-order valence-corrected chi connectivity index (χ2v) is 8.32. The predicted octanol–water partition coefficient (Wildman–Crippen LogP) is 5.37. The zero-order valence-corrected chi connectivity index (χ0v) is 17.3. The van der Waals surface area contributed by atoms with E-state index in [1.54, 1.807) is 6.08 Å². The number of rotatable bonds is 4. The summed E-state index contributed by atoms with van der Waals surface area (Å²) in [5, 5.41) is 1.18. The lowest BCUT2D eigenvalue weighted by Crippen LogP contribution is -2.36. The molecule has 2 aliphatic rings. The number of aryl methyl sites for hydroxylation is 2. The Labute approximate surface area is 167 Å². The molecule has 1 aromatic carbocycles. The van der Waals surface area contributed by atoms with Crippen LogP contribution in [0.1, 0.15) is 63.3 Å². The first kappa shape index (κ1) is 19.1. The number of amides is 1. The number of ether oxygens (including phenoxy) is 1. The maximum Gasteiger partial charge on any atom is 0.246 e. The van der Waals surface area contributed by atoms with Gasteiger partial charge < -0.3 is 14.1 Å². The van der Waals surface area contributed by atoms with E-state index < -0.39 is 0 Å². The summed E-state index contributed by atoms with van der Waals surface area (Å²) in [6.45, 7) is 8.57. The molecule has 1 fully saturated rings. The second-order valence-electron chi connectivity index (χ2n) is 8.32. The first-order valence-electron chi connectivity index (χ1n) is 10.8. The van der Waals surface area contributed by atoms with E-state index in [4.69, 9.17) is 9.15 Å². The van der Waals surface area contributed by atoms with Gasteiger partial charge in [-0.1, -0.05) is 6.92 Å². The van der Waals surface area contributed by atoms with Gasteiger partial charge in [0.05, 0.1) is 6.61 Å². The maximum absolute atomic E-state index is 12.8. The fraction of sp³-hybridized carbons (Fsp3) is 0.542. The number of fused-ring (bicyclic) bond motifs is 3. The van der Waals surface area contributed by atoms with Crippen LogP contribution >= 0.6 is 0 Å². The van der Waals surface area contributed by atoms with Crippen LogP contribution in [0.4, 0.5) is 0 Å². The quantitative estimate of drug-likeness (QED) is 0.669. The van der Waals surface area contributed by atoms with Crippen LogP contribution in [0, 0.1) is 5.92 Å². The Hall–Kier alpha value is -2.23. The smallest absolute Gasteiger partial charge is 0.246 e. The predicted molar refractivity (Wildman–Crippen MR) is 113 cm³/mol. The van der Waals surface area contributed by atoms with Gasteiger partial charge >= 0.3 is 0 Å². The minimum Gasteiger partial charge on any atom is -0.493 e. The lowest BCUT2D eigenvalue weighted by atomic mass is 9.94. The van der Waals surface area contributed by atoms with Crippen molar-refractivity contribution in [3.8, 4) is 5.75 Å². The van der Waals surface area contributed by atoms with Crippen molar-refractivity contribution >= 4 is 22.4 Å². The number of allylic oxidation sites excluding steroid dienone is 1. The average Bonchev–Trinajstić information content (AvgIpc) is 3.05. The van der Waals surface area contributed by atoms with Crippen molar-refractivity contribution in [2.75, 3.05) is 19.7 Å². The molecule has 1 aromatic heterocycles. The Morgan fingerprint density at radius 3 is 2.75 bits per heavy atom. The Morgan fingerprint density at radius 2 is 2.00 bits per heavy atom. The van der Waals surface area contributed by atoms with Gasteiger partial charge in [-0.15, -0.1) is 0 Å². The van der Waals surface area contributed by atoms with Crippen molar-refractivity contribution in [3.63, 3.8) is 0 Å². The van der Waals surface area contributed by atoms with Gasteiger partial charge in [0.15, 0.2) is 0 Å². The molecule has 0 N–H and O–H groups in total. The molecule has 1 aliphatic carbocycles. The topological polar surface area (TPSA) is 42.7 Å². The lowest BCUT2D eigenvalue weighted by molar-refractivity contribution is -0.127. The van der Waals surface area contributed by atoms with E-state index in [9.17, 15) is 4.79 Å². The number of carbonyl (C=O) groups is 1. The summed E-state index contributed by atoms with van der Waals surface area (Å²) in [6.07, 6.45) is 8.47. The van der Waals surface area contributed by atoms with Gasteiger partial charge in [-0.25, -0.2) is 0 Å². The van der Waals surface area contributed by atoms with Gasteiger partial charge in [0, 0.05) is 48.2 Å². The van der Waals surface area contributed by atoms with Gasteiger partial charge in [-0.2, -0.15) is 0 Å². The fourth-order valence-electron chi connectivity index (χ4n) is 4.46. The Morgan fingerprint density at radius 1 is 1.25 bits per heavy atom. The normalized spacial score (nSPS) is 18.4. The van der Waals surface area contributed by atoms with Crippen molar-refractivity contribution in [1.29, 1.82) is 0 Å². The summed E-state index contributed by atoms with van der Waals surface area (Å²) in [5.41, 5.74) is 4.21. The molecule has 0 unspecified atom stereocenters. The third kappa shape index (κ3) is 3.69. The van der Waals surface area contributed by atoms with E-state index in [2.05, 4.69) is 13.0 Å². The lowest BCUT2D eigenvalue weighted by Gasteiger charge is -2.29. The van der Waals surface area contributed by atoms with Crippen LogP contribution in [0.2, 0.25) is 0 Å². The number of carbonyl (C=O) groups excluding carboxylic acids is 1. The Kier molecular flexibility index (Phi) is 5.47. The molecule has 0 atom stereocenters. The van der Waals surface area contributed by atoms with E-state index >= 15 is 0 Å². The van der Waals surface area contributed by atoms with Crippen molar-refractivity contribution in [3.05, 3.63) is 35.1 Å². The Balaban J connectivity index is 1.69. The van der Waals surface area contributed by atoms with Crippen LogP contribution < -0.4 is 4.74 Å². The summed E-state index contributed by atoms with van der Waals surface area (Å²) >= 11 is 0. The molecule has 0 radical (unpaired) electrons. The van der Waals surface area contributed by atoms with Gasteiger partial charge in [0.25, 0.3) is 0 Å². The van der Waals surface area contributed by atoms with Gasteiger partial charge in [0.2, 0.25) is 5.91 Å². The number of likely N-dealkylation sites (tertiary alicyclic amines) is 1. The van der Waals surface area contributed by atoms with Crippen molar-refractivity contribution in [2.45, 2.75) is 59.3 Å². The third-order valence-electron chi connectivity index (χ3n) is 6.22. The highest BCUT2D eigenvalue weighted by molar-refractivity contribution is 5.97. The van der Waals surface area contributed by atoms with Crippen LogP contribution in [-0.2, 0) is 17.6 Å². The first-order valence-corrected chi connectivity index (χ1v) is 10.8. The summed E-state index contributed by atoms with van der Waals surface area (Å²) < 4.78 is 12.0. The molecule has 4 heteroatoms. The summed E-state index contributed by atoms with van der Waals surface area (Å²) in [6, 6.07) is 4.18. The van der Waals surface area contributed by atoms with E-state index in [1.807, 2.05) is 24.8 Å². The van der Waals surface area contributed by atoms with Crippen molar-refractivity contribution in [2.24, 2.45) is 5.92 Å². The molecular formula is C24H31NO3. The molecule has 2 heterocycles. The molecule has 28 heavy (non-hydrogen) atoms. The highest BCUT2D eigenvalue weighted by Crippen LogP contribution is 2.38. The monoisotopic (exact) mass is 381 g/mol. The molecular weight excluding hydrogens is 350 g/mol. The number of furan rings is 1. The fourth-order valence-corrected chi connectivity index (χ4v) is 4.46. The summed E-state index contributed by atoms with van der Waals surface area (Å²) in [7, 11) is 0. The number of hydrogen-bond acceptors (Lipinski definition) is 3. The molecule has 4 rings (SSSR count). The molecule has 2 aromatic rings. The van der Waals surface area contributed by atoms with Crippen LogP contribution in [0.15, 0.2) is 22.6 Å². The molecule has 1 amide bonds. The molecule has 1 saturated heterocycles. The zero-order chi connectivity index (χ0) is 19.7. The van der Waals surface area contributed by atoms with Crippen LogP contribution in [0.25, 0.3) is 16.5 Å². The zero-order valence-electron chi connectivity index (χ0n) is 17.3. The number of hydrogen-bond donors (Lipinski definition) is 0. The standard InChI is InChI=1S/C24H31NO3/c1-4-27-22-15-23-20(18-7-5-6-8-21(18)28-23)14-19(22)17(3)13-24(26)25-11-9-16(2)10-12-25/h13-16H,4-12H2,1-3H3/b17-13+. The van der Waals surface area contributed by atoms with E-state index in [-0.39, 0.29) is 5.91 Å². The van der Waals surface area contributed by atoms with Crippen LogP contribution in [0.5, 0.6) is 5.75 Å². The molecule has 150 valence electrons. The third-order valence-corrected chi connectivity index (χ3v) is 6.22. The van der Waals surface area contributed by atoms with E-state index in [0.29, 0.717) is 12.5 Å². The van der Waals surface area contributed by atoms with Gasteiger partial charge in [-0.05, 0) is 63.5 Å². The molecule has 1 aliphatic heterocycles. The van der Waals surface area contributed by atoms with Crippen molar-refractivity contribution < 1.29 is 13.9 Å². The largest absolute Gasteiger partial charge is 0.493 e. The average molecular weight is 382 g/mol. The number of nitrogens with zero attached hydrogens (tertiary/aromatic N) is 1. The van der Waals surface area contributed by atoms with Gasteiger partial charge in [0.1, 0.15) is 17.1 Å².